The lowest BCUT2D eigenvalue weighted by Gasteiger charge is -2.33. The zero-order valence-corrected chi connectivity index (χ0v) is 14.9. The lowest BCUT2D eigenvalue weighted by Crippen LogP contribution is -2.50. The minimum Gasteiger partial charge on any atom is -0.389 e. The van der Waals surface area contributed by atoms with Crippen LogP contribution in [0.15, 0.2) is 0 Å². The van der Waals surface area contributed by atoms with E-state index in [1.807, 2.05) is 0 Å². The minimum absolute atomic E-state index is 0. The van der Waals surface area contributed by atoms with Gasteiger partial charge in [0.15, 0.2) is 0 Å². The molecule has 0 spiro atoms. The van der Waals surface area contributed by atoms with Gasteiger partial charge in [-0.05, 0) is 12.3 Å². The molecule has 2 rings (SSSR count). The molecule has 0 radical (unpaired) electrons. The van der Waals surface area contributed by atoms with Crippen molar-refractivity contribution in [2.45, 2.75) is 56.8 Å². The van der Waals surface area contributed by atoms with Crippen LogP contribution in [0.5, 0.6) is 0 Å². The van der Waals surface area contributed by atoms with Crippen molar-refractivity contribution in [3.8, 4) is 0 Å². The maximum Gasteiger partial charge on any atom is 0.0962 e. The third kappa shape index (κ3) is 7.30. The van der Waals surface area contributed by atoms with Crippen molar-refractivity contribution >= 4 is 24.8 Å². The summed E-state index contributed by atoms with van der Waals surface area (Å²) in [5.41, 5.74) is 6.10. The van der Waals surface area contributed by atoms with Crippen LogP contribution in [0.3, 0.4) is 0 Å². The Kier molecular flexibility index (Phi) is 12.0. The second kappa shape index (κ2) is 11.8. The van der Waals surface area contributed by atoms with Gasteiger partial charge in [0.25, 0.3) is 0 Å². The summed E-state index contributed by atoms with van der Waals surface area (Å²) >= 11 is 0. The predicted octanol–water partition coefficient (Wildman–Crippen LogP) is 1.18. The second-order valence-corrected chi connectivity index (χ2v) is 6.37. The summed E-state index contributed by atoms with van der Waals surface area (Å²) in [7, 11) is 0. The maximum absolute atomic E-state index is 10.2. The van der Waals surface area contributed by atoms with Gasteiger partial charge in [-0.3, -0.25) is 4.90 Å². The highest BCUT2D eigenvalue weighted by Crippen LogP contribution is 2.27. The first-order valence-corrected chi connectivity index (χ1v) is 8.08. The first-order valence-electron chi connectivity index (χ1n) is 8.08. The van der Waals surface area contributed by atoms with Crippen LogP contribution in [0.25, 0.3) is 0 Å². The third-order valence-electron chi connectivity index (χ3n) is 4.71. The Morgan fingerprint density at radius 2 is 1.64 bits per heavy atom. The molecule has 0 aromatic carbocycles. The van der Waals surface area contributed by atoms with Crippen molar-refractivity contribution in [1.82, 2.24) is 4.90 Å². The van der Waals surface area contributed by atoms with Crippen LogP contribution >= 0.6 is 24.8 Å². The number of hydrogen-bond donors (Lipinski definition) is 3. The van der Waals surface area contributed by atoms with E-state index in [0.29, 0.717) is 25.7 Å². The van der Waals surface area contributed by atoms with Gasteiger partial charge in [0, 0.05) is 25.7 Å². The van der Waals surface area contributed by atoms with Gasteiger partial charge in [-0.2, -0.15) is 0 Å². The van der Waals surface area contributed by atoms with E-state index in [9.17, 15) is 10.2 Å². The first-order chi connectivity index (χ1) is 9.66. The molecule has 4 N–H and O–H groups in total. The molecule has 0 bridgehead atoms. The number of rotatable bonds is 6. The average Bonchev–Trinajstić information content (AvgIpc) is 2.48. The fourth-order valence-electron chi connectivity index (χ4n) is 3.39. The normalized spacial score (nSPS) is 24.7. The maximum atomic E-state index is 10.2. The average molecular weight is 359 g/mol. The van der Waals surface area contributed by atoms with Crippen molar-refractivity contribution in [1.29, 1.82) is 0 Å². The Hall–Kier alpha value is 0.380. The Morgan fingerprint density at radius 3 is 2.23 bits per heavy atom. The van der Waals surface area contributed by atoms with E-state index in [-0.39, 0.29) is 30.9 Å². The topological polar surface area (TPSA) is 79.0 Å². The van der Waals surface area contributed by atoms with Gasteiger partial charge >= 0.3 is 0 Å². The number of hydrogen-bond acceptors (Lipinski definition) is 5. The number of ether oxygens (including phenoxy) is 1. The van der Waals surface area contributed by atoms with E-state index in [2.05, 4.69) is 4.90 Å². The summed E-state index contributed by atoms with van der Waals surface area (Å²) < 4.78 is 5.28. The van der Waals surface area contributed by atoms with Gasteiger partial charge in [-0.25, -0.2) is 0 Å². The molecule has 0 amide bonds. The molecule has 2 aliphatic rings. The highest BCUT2D eigenvalue weighted by Gasteiger charge is 2.28. The minimum atomic E-state index is -0.820. The fraction of sp³-hybridized carbons (Fsp3) is 1.00. The van der Waals surface area contributed by atoms with Gasteiger partial charge in [-0.15, -0.1) is 24.8 Å². The largest absolute Gasteiger partial charge is 0.389 e. The van der Waals surface area contributed by atoms with Gasteiger partial charge < -0.3 is 20.7 Å². The summed E-state index contributed by atoms with van der Waals surface area (Å²) in [6.07, 6.45) is 5.59. The SMILES string of the molecule is Cl.Cl.N[C@@H](CC1CCCCC1)[C@@H](O)C(O)CN1CCOCC1. The molecule has 1 saturated carbocycles. The molecule has 134 valence electrons. The van der Waals surface area contributed by atoms with Crippen molar-refractivity contribution < 1.29 is 14.9 Å². The number of aliphatic hydroxyl groups excluding tert-OH is 2. The molecule has 5 nitrogen and oxygen atoms in total. The van der Waals surface area contributed by atoms with Crippen LogP contribution in [0.1, 0.15) is 38.5 Å². The van der Waals surface area contributed by atoms with E-state index < -0.39 is 12.2 Å². The van der Waals surface area contributed by atoms with Crippen LogP contribution in [-0.4, -0.2) is 66.2 Å². The van der Waals surface area contributed by atoms with Gasteiger partial charge in [0.1, 0.15) is 0 Å². The Labute approximate surface area is 146 Å². The Balaban J connectivity index is 0.00000220. The highest BCUT2D eigenvalue weighted by atomic mass is 35.5. The summed E-state index contributed by atoms with van der Waals surface area (Å²) in [4.78, 5) is 2.13. The van der Waals surface area contributed by atoms with Crippen molar-refractivity contribution in [2.24, 2.45) is 11.7 Å². The number of nitrogens with zero attached hydrogens (tertiary/aromatic N) is 1. The van der Waals surface area contributed by atoms with E-state index in [1.54, 1.807) is 0 Å². The zero-order valence-electron chi connectivity index (χ0n) is 13.2. The molecule has 2 fully saturated rings. The van der Waals surface area contributed by atoms with Gasteiger partial charge in [0.2, 0.25) is 0 Å². The molecule has 3 atom stereocenters. The third-order valence-corrected chi connectivity index (χ3v) is 4.71. The lowest BCUT2D eigenvalue weighted by atomic mass is 9.83. The smallest absolute Gasteiger partial charge is 0.0962 e. The monoisotopic (exact) mass is 358 g/mol. The van der Waals surface area contributed by atoms with Crippen LogP contribution in [0, 0.1) is 5.92 Å². The molecule has 1 heterocycles. The Bertz CT molecular complexity index is 250. The Morgan fingerprint density at radius 1 is 1.05 bits per heavy atom. The molecular weight excluding hydrogens is 327 g/mol. The molecule has 22 heavy (non-hydrogen) atoms. The number of halogens is 2. The van der Waals surface area contributed by atoms with E-state index >= 15 is 0 Å². The van der Waals surface area contributed by atoms with E-state index in [4.69, 9.17) is 10.5 Å². The molecule has 1 aliphatic carbocycles. The molecule has 0 aromatic heterocycles. The molecule has 0 aromatic rings. The molecular formula is C15H32Cl2N2O3. The lowest BCUT2D eigenvalue weighted by molar-refractivity contribution is -0.0390. The van der Waals surface area contributed by atoms with E-state index in [0.717, 1.165) is 19.5 Å². The molecule has 1 saturated heterocycles. The fourth-order valence-corrected chi connectivity index (χ4v) is 3.39. The summed E-state index contributed by atoms with van der Waals surface area (Å²) in [5.74, 6) is 0.629. The number of morpholine rings is 1. The summed E-state index contributed by atoms with van der Waals surface area (Å²) in [5, 5.41) is 20.4. The van der Waals surface area contributed by atoms with Crippen LogP contribution in [-0.2, 0) is 4.74 Å². The summed E-state index contributed by atoms with van der Waals surface area (Å²) in [6, 6.07) is -0.311. The van der Waals surface area contributed by atoms with Crippen LogP contribution in [0.4, 0.5) is 0 Å². The van der Waals surface area contributed by atoms with Crippen LogP contribution in [0.2, 0.25) is 0 Å². The molecule has 1 unspecified atom stereocenters. The number of β-amino-alcohol motifs (C(OH)–C–C–N with tert-alkyl or cyclic N) is 1. The van der Waals surface area contributed by atoms with Gasteiger partial charge in [0.05, 0.1) is 25.4 Å². The zero-order chi connectivity index (χ0) is 14.4. The highest BCUT2D eigenvalue weighted by molar-refractivity contribution is 5.85. The standard InChI is InChI=1S/C15H30N2O3.2ClH/c16-13(10-12-4-2-1-3-5-12)15(19)14(18)11-17-6-8-20-9-7-17;;/h12-15,18-19H,1-11,16H2;2*1H/t13-,14?,15+;;/m0../s1. The second-order valence-electron chi connectivity index (χ2n) is 6.37. The van der Waals surface area contributed by atoms with Crippen molar-refractivity contribution in [3.05, 3.63) is 0 Å². The summed E-state index contributed by atoms with van der Waals surface area (Å²) in [6.45, 7) is 3.54. The van der Waals surface area contributed by atoms with Crippen molar-refractivity contribution in [2.75, 3.05) is 32.8 Å². The first kappa shape index (κ1) is 22.4. The molecule has 1 aliphatic heterocycles. The van der Waals surface area contributed by atoms with Crippen molar-refractivity contribution in [3.63, 3.8) is 0 Å². The van der Waals surface area contributed by atoms with E-state index in [1.165, 1.54) is 32.1 Å². The van der Waals surface area contributed by atoms with Gasteiger partial charge in [-0.1, -0.05) is 32.1 Å². The quantitative estimate of drug-likeness (QED) is 0.664. The number of aliphatic hydroxyl groups is 2. The van der Waals surface area contributed by atoms with Crippen LogP contribution < -0.4 is 5.73 Å². The predicted molar refractivity (Wildman–Crippen MR) is 92.9 cm³/mol. The molecule has 7 heteroatoms. The number of nitrogens with two attached hydrogens (primary N) is 1.